The van der Waals surface area contributed by atoms with Gasteiger partial charge >= 0.3 is 0 Å². The molecule has 0 aromatic carbocycles. The molecule has 1 heterocycles. The SMILES string of the molecule is CSC#CC1CC2(C)C(=CCC2O)C2CC=C3CC4(CCC3(C)C12)OCCO4. The molecule has 6 atom stereocenters. The Morgan fingerprint density at radius 1 is 1.11 bits per heavy atom. The average Bonchev–Trinajstić information content (AvgIpc) is 3.25. The molecule has 5 rings (SSSR count). The van der Waals surface area contributed by atoms with E-state index in [0.717, 1.165) is 51.7 Å². The topological polar surface area (TPSA) is 38.7 Å². The number of hydrogen-bond acceptors (Lipinski definition) is 4. The highest BCUT2D eigenvalue weighted by Crippen LogP contribution is 2.66. The molecular weight excluding hydrogens is 368 g/mol. The van der Waals surface area contributed by atoms with Crippen LogP contribution in [0.5, 0.6) is 0 Å². The van der Waals surface area contributed by atoms with Crippen LogP contribution in [0.15, 0.2) is 23.3 Å². The van der Waals surface area contributed by atoms with Crippen molar-refractivity contribution in [2.45, 2.75) is 64.3 Å². The lowest BCUT2D eigenvalue weighted by Crippen LogP contribution is -2.54. The molecule has 4 heteroatoms. The van der Waals surface area contributed by atoms with E-state index in [1.165, 1.54) is 11.1 Å². The first-order valence-electron chi connectivity index (χ1n) is 10.8. The van der Waals surface area contributed by atoms with Crippen molar-refractivity contribution in [1.82, 2.24) is 0 Å². The maximum atomic E-state index is 10.8. The summed E-state index contributed by atoms with van der Waals surface area (Å²) in [5.41, 5.74) is 3.09. The first-order valence-corrected chi connectivity index (χ1v) is 12.0. The van der Waals surface area contributed by atoms with Crippen LogP contribution < -0.4 is 0 Å². The summed E-state index contributed by atoms with van der Waals surface area (Å²) in [6.45, 7) is 6.19. The highest BCUT2D eigenvalue weighted by atomic mass is 32.2. The molecule has 28 heavy (non-hydrogen) atoms. The van der Waals surface area contributed by atoms with Gasteiger partial charge < -0.3 is 14.6 Å². The third kappa shape index (κ3) is 2.63. The van der Waals surface area contributed by atoms with Gasteiger partial charge in [0, 0.05) is 24.2 Å². The van der Waals surface area contributed by atoms with E-state index in [1.54, 1.807) is 11.8 Å². The Morgan fingerprint density at radius 3 is 2.64 bits per heavy atom. The largest absolute Gasteiger partial charge is 0.392 e. The molecule has 1 aliphatic heterocycles. The fourth-order valence-corrected chi connectivity index (χ4v) is 7.41. The van der Waals surface area contributed by atoms with Gasteiger partial charge in [-0.2, -0.15) is 0 Å². The molecule has 0 amide bonds. The zero-order chi connectivity index (χ0) is 19.6. The fraction of sp³-hybridized carbons (Fsp3) is 0.750. The summed E-state index contributed by atoms with van der Waals surface area (Å²) in [5.74, 6) is 4.62. The Kier molecular flexibility index (Phi) is 4.56. The summed E-state index contributed by atoms with van der Waals surface area (Å²) in [5, 5.41) is 14.1. The smallest absolute Gasteiger partial charge is 0.172 e. The summed E-state index contributed by atoms with van der Waals surface area (Å²) >= 11 is 1.61. The van der Waals surface area contributed by atoms with Crippen LogP contribution in [0, 0.1) is 39.8 Å². The van der Waals surface area contributed by atoms with Gasteiger partial charge in [-0.1, -0.05) is 54.8 Å². The van der Waals surface area contributed by atoms with Crippen LogP contribution in [0.2, 0.25) is 0 Å². The van der Waals surface area contributed by atoms with Crippen molar-refractivity contribution in [2.75, 3.05) is 19.5 Å². The number of thioether (sulfide) groups is 1. The highest BCUT2D eigenvalue weighted by Gasteiger charge is 2.60. The quantitative estimate of drug-likeness (QED) is 0.479. The average molecular weight is 401 g/mol. The standard InChI is InChI=1S/C24H32O3S/c1-22-9-10-24(26-11-12-27-24)15-17(22)4-5-18-19-6-7-20(25)23(19,2)14-16(21(18)22)8-13-28-3/h4,6,16,18,20-21,25H,5,7,9-12,14-15H2,1-3H3. The van der Waals surface area contributed by atoms with Crippen molar-refractivity contribution in [3.05, 3.63) is 23.3 Å². The number of hydrogen-bond donors (Lipinski definition) is 1. The molecule has 1 spiro atoms. The van der Waals surface area contributed by atoms with Gasteiger partial charge in [0.25, 0.3) is 0 Å². The van der Waals surface area contributed by atoms with Crippen LogP contribution in [0.1, 0.15) is 52.4 Å². The molecule has 152 valence electrons. The van der Waals surface area contributed by atoms with E-state index in [0.29, 0.717) is 17.8 Å². The molecule has 0 radical (unpaired) electrons. The Labute approximate surface area is 173 Å². The van der Waals surface area contributed by atoms with Gasteiger partial charge in [0.15, 0.2) is 5.79 Å². The van der Waals surface area contributed by atoms with E-state index >= 15 is 0 Å². The first-order chi connectivity index (χ1) is 13.4. The molecule has 0 aromatic heterocycles. The summed E-state index contributed by atoms with van der Waals surface area (Å²) in [4.78, 5) is 0. The monoisotopic (exact) mass is 400 g/mol. The molecule has 0 aromatic rings. The third-order valence-electron chi connectivity index (χ3n) is 8.60. The third-order valence-corrected chi connectivity index (χ3v) is 8.92. The molecule has 5 aliphatic rings. The van der Waals surface area contributed by atoms with Crippen LogP contribution in [-0.2, 0) is 9.47 Å². The lowest BCUT2D eigenvalue weighted by atomic mass is 9.46. The van der Waals surface area contributed by atoms with Gasteiger partial charge in [-0.15, -0.1) is 0 Å². The molecule has 1 N–H and O–H groups in total. The van der Waals surface area contributed by atoms with E-state index in [9.17, 15) is 5.11 Å². The van der Waals surface area contributed by atoms with Crippen LogP contribution in [0.4, 0.5) is 0 Å². The number of ether oxygens (including phenoxy) is 2. The lowest BCUT2D eigenvalue weighted by Gasteiger charge is -2.59. The second-order valence-electron chi connectivity index (χ2n) is 9.89. The maximum absolute atomic E-state index is 10.8. The molecule has 6 unspecified atom stereocenters. The van der Waals surface area contributed by atoms with E-state index in [-0.39, 0.29) is 22.7 Å². The van der Waals surface area contributed by atoms with E-state index in [2.05, 4.69) is 43.4 Å². The van der Waals surface area contributed by atoms with Gasteiger partial charge in [0.05, 0.1) is 19.3 Å². The molecule has 1 saturated heterocycles. The minimum Gasteiger partial charge on any atom is -0.392 e. The summed E-state index contributed by atoms with van der Waals surface area (Å²) in [6.07, 6.45) is 12.5. The van der Waals surface area contributed by atoms with Crippen LogP contribution in [0.25, 0.3) is 0 Å². The van der Waals surface area contributed by atoms with E-state index in [1.807, 2.05) is 0 Å². The van der Waals surface area contributed by atoms with Crippen molar-refractivity contribution in [2.24, 2.45) is 28.6 Å². The van der Waals surface area contributed by atoms with Crippen LogP contribution in [0.3, 0.4) is 0 Å². The normalized spacial score (nSPS) is 46.0. The van der Waals surface area contributed by atoms with Crippen LogP contribution >= 0.6 is 11.8 Å². The molecule has 2 saturated carbocycles. The molecule has 4 aliphatic carbocycles. The summed E-state index contributed by atoms with van der Waals surface area (Å²) in [6, 6.07) is 0. The molecule has 0 bridgehead atoms. The second-order valence-corrected chi connectivity index (χ2v) is 10.5. The van der Waals surface area contributed by atoms with Crippen molar-refractivity contribution >= 4 is 11.8 Å². The van der Waals surface area contributed by atoms with E-state index < -0.39 is 0 Å². The minimum absolute atomic E-state index is 0.103. The molecular formula is C24H32O3S. The van der Waals surface area contributed by atoms with Crippen molar-refractivity contribution < 1.29 is 14.6 Å². The predicted octanol–water partition coefficient (Wildman–Crippen LogP) is 4.52. The number of fused-ring (bicyclic) bond motifs is 5. The number of aliphatic hydroxyl groups excluding tert-OH is 1. The summed E-state index contributed by atoms with van der Waals surface area (Å²) < 4.78 is 12.1. The van der Waals surface area contributed by atoms with Crippen molar-refractivity contribution in [3.63, 3.8) is 0 Å². The number of aliphatic hydroxyl groups is 1. The number of allylic oxidation sites excluding steroid dienone is 1. The Balaban J connectivity index is 1.55. The second kappa shape index (κ2) is 6.64. The Bertz CT molecular complexity index is 783. The van der Waals surface area contributed by atoms with Gasteiger partial charge in [-0.3, -0.25) is 0 Å². The van der Waals surface area contributed by atoms with Gasteiger partial charge in [0.2, 0.25) is 0 Å². The zero-order valence-electron chi connectivity index (χ0n) is 17.3. The van der Waals surface area contributed by atoms with Crippen LogP contribution in [-0.4, -0.2) is 36.5 Å². The minimum atomic E-state index is -0.370. The van der Waals surface area contributed by atoms with E-state index in [4.69, 9.17) is 9.47 Å². The first kappa shape index (κ1) is 19.2. The molecule has 3 nitrogen and oxygen atoms in total. The molecule has 3 fully saturated rings. The maximum Gasteiger partial charge on any atom is 0.172 e. The fourth-order valence-electron chi connectivity index (χ4n) is 7.14. The van der Waals surface area contributed by atoms with Crippen molar-refractivity contribution in [3.8, 4) is 11.2 Å². The lowest BCUT2D eigenvalue weighted by molar-refractivity contribution is -0.183. The Morgan fingerprint density at radius 2 is 1.89 bits per heavy atom. The van der Waals surface area contributed by atoms with Gasteiger partial charge in [-0.05, 0) is 54.4 Å². The van der Waals surface area contributed by atoms with Crippen molar-refractivity contribution in [1.29, 1.82) is 0 Å². The highest BCUT2D eigenvalue weighted by molar-refractivity contribution is 8.03. The number of rotatable bonds is 0. The Hall–Kier alpha value is -0.730. The zero-order valence-corrected chi connectivity index (χ0v) is 18.1. The summed E-state index contributed by atoms with van der Waals surface area (Å²) in [7, 11) is 0. The van der Waals surface area contributed by atoms with Gasteiger partial charge in [0.1, 0.15) is 0 Å². The van der Waals surface area contributed by atoms with Gasteiger partial charge in [-0.25, -0.2) is 0 Å². The predicted molar refractivity (Wildman–Crippen MR) is 112 cm³/mol.